The van der Waals surface area contributed by atoms with Gasteiger partial charge in [0.15, 0.2) is 0 Å². The molecule has 0 aromatic rings. The van der Waals surface area contributed by atoms with Crippen molar-refractivity contribution in [3.63, 3.8) is 0 Å². The smallest absolute Gasteiger partial charge is 0.265 e. The standard InChI is InChI=1S/C22H46N2O3S/c1-2-3-4-5-6-7-8-9-10-11-14-17-22(21-28(25,26)27)20-24(23)18-15-12-13-16-19-24/h22H,2-21,23H2,1H3/p+1. The maximum absolute atomic E-state index is 11.5. The Morgan fingerprint density at radius 1 is 0.821 bits per heavy atom. The number of nitrogens with zero attached hydrogens (tertiary/aromatic N) is 1. The zero-order valence-electron chi connectivity index (χ0n) is 18.4. The quantitative estimate of drug-likeness (QED) is 0.151. The van der Waals surface area contributed by atoms with Gasteiger partial charge in [0.1, 0.15) is 0 Å². The van der Waals surface area contributed by atoms with Crippen LogP contribution in [0.5, 0.6) is 0 Å². The summed E-state index contributed by atoms with van der Waals surface area (Å²) in [6.07, 6.45) is 19.7. The number of quaternary nitrogens is 1. The number of rotatable bonds is 16. The molecule has 0 aromatic heterocycles. The van der Waals surface area contributed by atoms with Crippen molar-refractivity contribution < 1.29 is 17.6 Å². The molecule has 3 N–H and O–H groups in total. The summed E-state index contributed by atoms with van der Waals surface area (Å²) in [6.45, 7) is 4.79. The van der Waals surface area contributed by atoms with Crippen molar-refractivity contribution in [2.45, 2.75) is 110 Å². The Kier molecular flexibility index (Phi) is 13.6. The molecule has 1 atom stereocenters. The molecular formula is C22H47N2O3S+. The molecule has 0 spiro atoms. The Morgan fingerprint density at radius 2 is 1.29 bits per heavy atom. The Balaban J connectivity index is 2.23. The molecule has 6 heteroatoms. The van der Waals surface area contributed by atoms with Crippen LogP contribution in [0.2, 0.25) is 0 Å². The molecular weight excluding hydrogens is 372 g/mol. The van der Waals surface area contributed by atoms with Crippen LogP contribution in [-0.4, -0.2) is 42.9 Å². The second-order valence-corrected chi connectivity index (χ2v) is 10.7. The van der Waals surface area contributed by atoms with E-state index in [0.29, 0.717) is 11.1 Å². The molecule has 0 aromatic carbocycles. The second kappa shape index (κ2) is 14.8. The topological polar surface area (TPSA) is 80.4 Å². The third-order valence-electron chi connectivity index (χ3n) is 6.24. The van der Waals surface area contributed by atoms with Crippen LogP contribution in [0.3, 0.4) is 0 Å². The highest BCUT2D eigenvalue weighted by molar-refractivity contribution is 7.85. The van der Waals surface area contributed by atoms with Crippen molar-refractivity contribution in [1.82, 2.24) is 0 Å². The molecule has 1 aliphatic heterocycles. The van der Waals surface area contributed by atoms with E-state index in [1.807, 2.05) is 0 Å². The van der Waals surface area contributed by atoms with Crippen molar-refractivity contribution in [3.05, 3.63) is 0 Å². The number of nitrogens with two attached hydrogens (primary N) is 1. The first kappa shape index (κ1) is 25.9. The van der Waals surface area contributed by atoms with Gasteiger partial charge in [0.25, 0.3) is 10.1 Å². The van der Waals surface area contributed by atoms with Crippen LogP contribution in [0.25, 0.3) is 0 Å². The summed E-state index contributed by atoms with van der Waals surface area (Å²) < 4.78 is 32.8. The van der Waals surface area contributed by atoms with E-state index < -0.39 is 10.1 Å². The zero-order chi connectivity index (χ0) is 20.7. The Bertz CT molecular complexity index is 474. The summed E-state index contributed by atoms with van der Waals surface area (Å²) in [5.41, 5.74) is 0. The van der Waals surface area contributed by atoms with Crippen molar-refractivity contribution in [2.75, 3.05) is 25.4 Å². The molecule has 1 aliphatic rings. The van der Waals surface area contributed by atoms with E-state index in [4.69, 9.17) is 5.84 Å². The predicted octanol–water partition coefficient (Wildman–Crippen LogP) is 5.46. The molecule has 0 aliphatic carbocycles. The first-order chi connectivity index (χ1) is 13.3. The molecule has 1 saturated heterocycles. The lowest BCUT2D eigenvalue weighted by Crippen LogP contribution is -2.57. The van der Waals surface area contributed by atoms with E-state index >= 15 is 0 Å². The number of unbranched alkanes of at least 4 members (excludes halogenated alkanes) is 10. The Hall–Kier alpha value is -0.170. The fourth-order valence-corrected chi connectivity index (χ4v) is 5.51. The minimum Gasteiger partial charge on any atom is -0.286 e. The molecule has 168 valence electrons. The molecule has 0 amide bonds. The van der Waals surface area contributed by atoms with Crippen LogP contribution >= 0.6 is 0 Å². The summed E-state index contributed by atoms with van der Waals surface area (Å²) in [5, 5.41) is 0. The normalized spacial score (nSPS) is 18.7. The van der Waals surface area contributed by atoms with Gasteiger partial charge < -0.3 is 0 Å². The Labute approximate surface area is 174 Å². The van der Waals surface area contributed by atoms with Crippen molar-refractivity contribution in [3.8, 4) is 0 Å². The summed E-state index contributed by atoms with van der Waals surface area (Å²) >= 11 is 0. The van der Waals surface area contributed by atoms with Gasteiger partial charge in [-0.05, 0) is 32.1 Å². The van der Waals surface area contributed by atoms with E-state index in [1.165, 1.54) is 70.6 Å². The summed E-state index contributed by atoms with van der Waals surface area (Å²) in [7, 11) is -3.94. The average molecular weight is 420 g/mol. The van der Waals surface area contributed by atoms with Crippen LogP contribution in [0.4, 0.5) is 0 Å². The van der Waals surface area contributed by atoms with Gasteiger partial charge in [0, 0.05) is 5.92 Å². The molecule has 0 saturated carbocycles. The van der Waals surface area contributed by atoms with Gasteiger partial charge in [-0.2, -0.15) is 14.3 Å². The lowest BCUT2D eigenvalue weighted by atomic mass is 10.00. The fraction of sp³-hybridized carbons (Fsp3) is 1.00. The summed E-state index contributed by atoms with van der Waals surface area (Å²) in [5.74, 6) is 6.40. The maximum atomic E-state index is 11.5. The molecule has 0 bridgehead atoms. The lowest BCUT2D eigenvalue weighted by Gasteiger charge is -2.34. The molecule has 1 rings (SSSR count). The second-order valence-electron chi connectivity index (χ2n) is 9.20. The van der Waals surface area contributed by atoms with E-state index in [9.17, 15) is 13.0 Å². The van der Waals surface area contributed by atoms with Crippen LogP contribution in [0, 0.1) is 5.92 Å². The largest absolute Gasteiger partial charge is 0.286 e. The highest BCUT2D eigenvalue weighted by Crippen LogP contribution is 2.21. The first-order valence-electron chi connectivity index (χ1n) is 11.9. The van der Waals surface area contributed by atoms with Crippen molar-refractivity contribution in [2.24, 2.45) is 11.8 Å². The van der Waals surface area contributed by atoms with Crippen molar-refractivity contribution in [1.29, 1.82) is 0 Å². The predicted molar refractivity (Wildman–Crippen MR) is 119 cm³/mol. The van der Waals surface area contributed by atoms with Crippen LogP contribution < -0.4 is 5.84 Å². The van der Waals surface area contributed by atoms with Gasteiger partial charge in [-0.3, -0.25) is 4.55 Å². The fourth-order valence-electron chi connectivity index (χ4n) is 4.64. The van der Waals surface area contributed by atoms with E-state index in [-0.39, 0.29) is 11.7 Å². The van der Waals surface area contributed by atoms with Crippen LogP contribution in [-0.2, 0) is 10.1 Å². The third-order valence-corrected chi connectivity index (χ3v) is 7.13. The van der Waals surface area contributed by atoms with Crippen LogP contribution in [0.1, 0.15) is 110 Å². The lowest BCUT2D eigenvalue weighted by molar-refractivity contribution is -0.942. The van der Waals surface area contributed by atoms with E-state index in [0.717, 1.165) is 45.2 Å². The van der Waals surface area contributed by atoms with Gasteiger partial charge in [-0.1, -0.05) is 77.6 Å². The van der Waals surface area contributed by atoms with Gasteiger partial charge in [-0.15, -0.1) is 0 Å². The zero-order valence-corrected chi connectivity index (χ0v) is 19.2. The number of hydrogen-bond acceptors (Lipinski definition) is 3. The molecule has 1 fully saturated rings. The molecule has 5 nitrogen and oxygen atoms in total. The number of hydrogen-bond donors (Lipinski definition) is 2. The highest BCUT2D eigenvalue weighted by Gasteiger charge is 2.30. The molecule has 1 unspecified atom stereocenters. The van der Waals surface area contributed by atoms with Crippen LogP contribution in [0.15, 0.2) is 0 Å². The SMILES string of the molecule is CCCCCCCCCCCCCC(C[N+]1(N)CCCCCC1)CS(=O)(=O)O. The summed E-state index contributed by atoms with van der Waals surface area (Å²) in [4.78, 5) is 0. The maximum Gasteiger partial charge on any atom is 0.265 e. The minimum atomic E-state index is -3.94. The molecule has 28 heavy (non-hydrogen) atoms. The average Bonchev–Trinajstić information content (AvgIpc) is 2.82. The van der Waals surface area contributed by atoms with Gasteiger partial charge in [0.2, 0.25) is 0 Å². The van der Waals surface area contributed by atoms with Gasteiger partial charge in [0.05, 0.1) is 25.4 Å². The molecule has 1 heterocycles. The Morgan fingerprint density at radius 3 is 1.75 bits per heavy atom. The molecule has 0 radical (unpaired) electrons. The van der Waals surface area contributed by atoms with Gasteiger partial charge >= 0.3 is 0 Å². The minimum absolute atomic E-state index is 0.0309. The monoisotopic (exact) mass is 419 g/mol. The van der Waals surface area contributed by atoms with E-state index in [1.54, 1.807) is 0 Å². The first-order valence-corrected chi connectivity index (χ1v) is 13.6. The van der Waals surface area contributed by atoms with E-state index in [2.05, 4.69) is 6.92 Å². The highest BCUT2D eigenvalue weighted by atomic mass is 32.2. The van der Waals surface area contributed by atoms with Gasteiger partial charge in [-0.25, -0.2) is 4.59 Å². The van der Waals surface area contributed by atoms with Crippen molar-refractivity contribution >= 4 is 10.1 Å². The summed E-state index contributed by atoms with van der Waals surface area (Å²) in [6, 6.07) is 0. The number of likely N-dealkylation sites (tertiary alicyclic amines) is 1. The third kappa shape index (κ3) is 13.9.